The first-order chi connectivity index (χ1) is 18.7. The van der Waals surface area contributed by atoms with Gasteiger partial charge < -0.3 is 24.3 Å². The van der Waals surface area contributed by atoms with Crippen LogP contribution >= 0.6 is 0 Å². The zero-order valence-electron chi connectivity index (χ0n) is 23.5. The maximum absolute atomic E-state index is 13.2. The molecular formula is C29H35F3N4O4. The Morgan fingerprint density at radius 1 is 1.15 bits per heavy atom. The summed E-state index contributed by atoms with van der Waals surface area (Å²) in [6.45, 7) is 8.32. The number of carbonyl (C=O) groups is 2. The van der Waals surface area contributed by atoms with Gasteiger partial charge in [-0.05, 0) is 80.0 Å². The highest BCUT2D eigenvalue weighted by Crippen LogP contribution is 2.46. The molecule has 40 heavy (non-hydrogen) atoms. The van der Waals surface area contributed by atoms with Gasteiger partial charge in [0.25, 0.3) is 5.91 Å². The van der Waals surface area contributed by atoms with Crippen molar-refractivity contribution in [1.29, 1.82) is 0 Å². The third kappa shape index (κ3) is 6.51. The molecule has 1 aromatic heterocycles. The summed E-state index contributed by atoms with van der Waals surface area (Å²) in [6, 6.07) is 10.1. The standard InChI is InChI=1S/C29H35F3N4O4/c1-17-13-21(16-28(3,4)15-17)36-24-12-7-19(25(37)35(5)18(2)26(38)39-6)14-23(24)34-27(36)33-20-8-10-22(11-9-20)40-29(30,31)32/h7-12,14,17-18,21H,13,15-16H2,1-6H3,(H,33,34). The van der Waals surface area contributed by atoms with Crippen LogP contribution in [0.25, 0.3) is 11.0 Å². The lowest BCUT2D eigenvalue weighted by Gasteiger charge is -2.40. The van der Waals surface area contributed by atoms with Crippen LogP contribution in [0.2, 0.25) is 0 Å². The van der Waals surface area contributed by atoms with Gasteiger partial charge in [-0.3, -0.25) is 4.79 Å². The Morgan fingerprint density at radius 3 is 2.42 bits per heavy atom. The third-order valence-electron chi connectivity index (χ3n) is 7.45. The zero-order valence-corrected chi connectivity index (χ0v) is 23.5. The van der Waals surface area contributed by atoms with Gasteiger partial charge in [-0.2, -0.15) is 0 Å². The van der Waals surface area contributed by atoms with Gasteiger partial charge in [0, 0.05) is 24.3 Å². The molecule has 11 heteroatoms. The molecule has 3 unspecified atom stereocenters. The van der Waals surface area contributed by atoms with Crippen LogP contribution in [0.1, 0.15) is 63.4 Å². The Balaban J connectivity index is 1.72. The van der Waals surface area contributed by atoms with Crippen molar-refractivity contribution < 1.29 is 32.2 Å². The number of nitrogens with one attached hydrogen (secondary N) is 1. The van der Waals surface area contributed by atoms with Crippen LogP contribution in [-0.2, 0) is 9.53 Å². The van der Waals surface area contributed by atoms with Gasteiger partial charge in [-0.15, -0.1) is 13.2 Å². The fraction of sp³-hybridized carbons (Fsp3) is 0.483. The number of carbonyl (C=O) groups excluding carboxylic acids is 2. The van der Waals surface area contributed by atoms with Crippen molar-refractivity contribution in [2.75, 3.05) is 19.5 Å². The molecule has 1 aliphatic rings. The van der Waals surface area contributed by atoms with E-state index >= 15 is 0 Å². The number of nitrogens with zero attached hydrogens (tertiary/aromatic N) is 3. The normalized spacial score (nSPS) is 19.6. The summed E-state index contributed by atoms with van der Waals surface area (Å²) in [7, 11) is 2.81. The number of hydrogen-bond acceptors (Lipinski definition) is 6. The first kappa shape index (κ1) is 29.2. The molecule has 1 aliphatic carbocycles. The van der Waals surface area contributed by atoms with Crippen molar-refractivity contribution in [2.45, 2.75) is 65.4 Å². The van der Waals surface area contributed by atoms with Crippen LogP contribution in [0.15, 0.2) is 42.5 Å². The number of benzene rings is 2. The van der Waals surface area contributed by atoms with Gasteiger partial charge >= 0.3 is 12.3 Å². The summed E-state index contributed by atoms with van der Waals surface area (Å²) in [5.41, 5.74) is 2.43. The van der Waals surface area contributed by atoms with Crippen molar-refractivity contribution in [2.24, 2.45) is 11.3 Å². The molecule has 2 aromatic carbocycles. The largest absolute Gasteiger partial charge is 0.573 e. The third-order valence-corrected chi connectivity index (χ3v) is 7.45. The molecule has 8 nitrogen and oxygen atoms in total. The predicted molar refractivity (Wildman–Crippen MR) is 146 cm³/mol. The number of rotatable bonds is 7. The topological polar surface area (TPSA) is 85.7 Å². The SMILES string of the molecule is COC(=O)C(C)N(C)C(=O)c1ccc2c(c1)nc(Nc1ccc(OC(F)(F)F)cc1)n2C1CC(C)CC(C)(C)C1. The van der Waals surface area contributed by atoms with Gasteiger partial charge in [0.05, 0.1) is 18.1 Å². The molecule has 216 valence electrons. The fourth-order valence-electron chi connectivity index (χ4n) is 5.76. The van der Waals surface area contributed by atoms with Crippen molar-refractivity contribution in [3.05, 3.63) is 48.0 Å². The van der Waals surface area contributed by atoms with E-state index in [0.717, 1.165) is 24.8 Å². The molecule has 3 aromatic rings. The Bertz CT molecular complexity index is 1380. The van der Waals surface area contributed by atoms with Gasteiger partial charge in [0.2, 0.25) is 5.95 Å². The van der Waals surface area contributed by atoms with Gasteiger partial charge in [0.15, 0.2) is 0 Å². The number of anilines is 2. The second-order valence-corrected chi connectivity index (χ2v) is 11.4. The van der Waals surface area contributed by atoms with E-state index in [0.29, 0.717) is 28.6 Å². The Labute approximate surface area is 231 Å². The summed E-state index contributed by atoms with van der Waals surface area (Å²) in [5.74, 6) is -0.185. The lowest BCUT2D eigenvalue weighted by molar-refractivity contribution is -0.274. The van der Waals surface area contributed by atoms with Crippen molar-refractivity contribution in [3.8, 4) is 5.75 Å². The predicted octanol–water partition coefficient (Wildman–Crippen LogP) is 6.70. The summed E-state index contributed by atoms with van der Waals surface area (Å²) in [4.78, 5) is 31.3. The van der Waals surface area contributed by atoms with E-state index in [4.69, 9.17) is 9.72 Å². The molecule has 1 heterocycles. The van der Waals surface area contributed by atoms with Crippen LogP contribution in [-0.4, -0.2) is 52.9 Å². The van der Waals surface area contributed by atoms with Crippen molar-refractivity contribution >= 4 is 34.5 Å². The Morgan fingerprint density at radius 2 is 1.82 bits per heavy atom. The van der Waals surface area contributed by atoms with Crippen molar-refractivity contribution in [3.63, 3.8) is 0 Å². The minimum Gasteiger partial charge on any atom is -0.467 e. The monoisotopic (exact) mass is 560 g/mol. The van der Waals surface area contributed by atoms with E-state index in [-0.39, 0.29) is 23.1 Å². The smallest absolute Gasteiger partial charge is 0.467 e. The van der Waals surface area contributed by atoms with Crippen LogP contribution in [0.3, 0.4) is 0 Å². The molecule has 1 amide bonds. The molecule has 0 bridgehead atoms. The highest BCUT2D eigenvalue weighted by atomic mass is 19.4. The Hall–Kier alpha value is -3.76. The number of ether oxygens (including phenoxy) is 2. The Kier molecular flexibility index (Phi) is 8.05. The minimum absolute atomic E-state index is 0.107. The van der Waals surface area contributed by atoms with E-state index in [1.54, 1.807) is 19.1 Å². The second-order valence-electron chi connectivity index (χ2n) is 11.4. The number of likely N-dealkylation sites (N-methyl/N-ethyl adjacent to an activating group) is 1. The molecular weight excluding hydrogens is 525 g/mol. The minimum atomic E-state index is -4.77. The van der Waals surface area contributed by atoms with E-state index in [9.17, 15) is 22.8 Å². The highest BCUT2D eigenvalue weighted by Gasteiger charge is 2.35. The number of hydrogen-bond donors (Lipinski definition) is 1. The number of halogens is 3. The van der Waals surface area contributed by atoms with Crippen LogP contribution < -0.4 is 10.1 Å². The number of fused-ring (bicyclic) bond motifs is 1. The average molecular weight is 561 g/mol. The summed E-state index contributed by atoms with van der Waals surface area (Å²) >= 11 is 0. The molecule has 1 N–H and O–H groups in total. The quantitative estimate of drug-likeness (QED) is 0.324. The van der Waals surface area contributed by atoms with Crippen molar-refractivity contribution in [1.82, 2.24) is 14.5 Å². The van der Waals surface area contributed by atoms with Crippen LogP contribution in [0.4, 0.5) is 24.8 Å². The molecule has 0 radical (unpaired) electrons. The number of amides is 1. The highest BCUT2D eigenvalue weighted by molar-refractivity contribution is 5.99. The number of esters is 1. The van der Waals surface area contributed by atoms with Crippen LogP contribution in [0.5, 0.6) is 5.75 Å². The molecule has 4 rings (SSSR count). The molecule has 0 saturated heterocycles. The first-order valence-electron chi connectivity index (χ1n) is 13.2. The van der Waals surface area contributed by atoms with E-state index in [1.807, 2.05) is 6.07 Å². The second kappa shape index (κ2) is 11.0. The van der Waals surface area contributed by atoms with E-state index < -0.39 is 18.4 Å². The first-order valence-corrected chi connectivity index (χ1v) is 13.2. The summed E-state index contributed by atoms with van der Waals surface area (Å²) in [6.07, 6.45) is -1.83. The summed E-state index contributed by atoms with van der Waals surface area (Å²) in [5, 5.41) is 3.26. The molecule has 0 aliphatic heterocycles. The van der Waals surface area contributed by atoms with E-state index in [1.165, 1.54) is 43.3 Å². The molecule has 0 spiro atoms. The van der Waals surface area contributed by atoms with Gasteiger partial charge in [-0.25, -0.2) is 9.78 Å². The fourth-order valence-corrected chi connectivity index (χ4v) is 5.76. The summed E-state index contributed by atoms with van der Waals surface area (Å²) < 4.78 is 48.7. The maximum Gasteiger partial charge on any atom is 0.573 e. The number of aromatic nitrogens is 2. The average Bonchev–Trinajstić information content (AvgIpc) is 3.23. The maximum atomic E-state index is 13.2. The lowest BCUT2D eigenvalue weighted by atomic mass is 9.70. The number of alkyl halides is 3. The number of methoxy groups -OCH3 is 1. The lowest BCUT2D eigenvalue weighted by Crippen LogP contribution is -2.40. The van der Waals surface area contributed by atoms with E-state index in [2.05, 4.69) is 35.4 Å². The number of imidazole rings is 1. The molecule has 1 saturated carbocycles. The van der Waals surface area contributed by atoms with Gasteiger partial charge in [-0.1, -0.05) is 20.8 Å². The van der Waals surface area contributed by atoms with Gasteiger partial charge in [0.1, 0.15) is 11.8 Å². The zero-order chi connectivity index (χ0) is 29.4. The molecule has 3 atom stereocenters. The van der Waals surface area contributed by atoms with Crippen LogP contribution in [0, 0.1) is 11.3 Å². The molecule has 1 fully saturated rings.